The average molecular weight is 360 g/mol. The van der Waals surface area contributed by atoms with Crippen LogP contribution in [0.5, 0.6) is 0 Å². The molecule has 0 saturated carbocycles. The smallest absolute Gasteiger partial charge is 0.253 e. The Kier molecular flexibility index (Phi) is 7.23. The minimum Gasteiger partial charge on any atom is -0.396 e. The van der Waals surface area contributed by atoms with Gasteiger partial charge in [0.25, 0.3) is 5.91 Å². The molecule has 2 rings (SSSR count). The molecule has 0 radical (unpaired) electrons. The number of carbonyl (C=O) groups excluding carboxylic acids is 1. The Morgan fingerprint density at radius 1 is 1.27 bits per heavy atom. The Hall–Kier alpha value is -1.85. The Balaban J connectivity index is 2.09. The minimum absolute atomic E-state index is 0.0242. The number of likely N-dealkylation sites (tertiary alicyclic amines) is 1. The second-order valence-corrected chi connectivity index (χ2v) is 7.67. The van der Waals surface area contributed by atoms with E-state index in [1.54, 1.807) is 0 Å². The Morgan fingerprint density at radius 2 is 1.96 bits per heavy atom. The zero-order valence-corrected chi connectivity index (χ0v) is 16.2. The maximum atomic E-state index is 12.9. The number of aliphatic hydroxyl groups is 2. The van der Waals surface area contributed by atoms with E-state index in [1.807, 2.05) is 41.1 Å². The fourth-order valence-corrected chi connectivity index (χ4v) is 3.48. The van der Waals surface area contributed by atoms with Crippen molar-refractivity contribution in [3.05, 3.63) is 41.5 Å². The number of aliphatic hydroxyl groups excluding tert-OH is 2. The highest BCUT2D eigenvalue weighted by Crippen LogP contribution is 2.34. The lowest BCUT2D eigenvalue weighted by Crippen LogP contribution is -2.47. The molecule has 1 atom stereocenters. The first kappa shape index (κ1) is 20.5. The van der Waals surface area contributed by atoms with Crippen LogP contribution in [0.1, 0.15) is 43.5 Å². The van der Waals surface area contributed by atoms with Gasteiger partial charge in [0, 0.05) is 43.3 Å². The summed E-state index contributed by atoms with van der Waals surface area (Å²) >= 11 is 0. The molecule has 1 aliphatic rings. The van der Waals surface area contributed by atoms with Crippen LogP contribution < -0.4 is 4.90 Å². The lowest BCUT2D eigenvalue weighted by atomic mass is 9.77. The van der Waals surface area contributed by atoms with E-state index >= 15 is 0 Å². The number of rotatable bonds is 7. The maximum absolute atomic E-state index is 12.9. The standard InChI is InChI=1S/C21H32N2O3/c1-17(2)9-11-21(16-25)10-4-12-23(15-21)20(26)18-5-7-19(8-6-18)22(3)13-14-24/h5-9,24-25H,4,10-16H2,1-3H3/t21-/m0/s1. The molecule has 0 spiro atoms. The van der Waals surface area contributed by atoms with Crippen LogP contribution in [0, 0.1) is 5.41 Å². The lowest BCUT2D eigenvalue weighted by molar-refractivity contribution is 0.0284. The first-order valence-corrected chi connectivity index (χ1v) is 9.36. The van der Waals surface area contributed by atoms with Gasteiger partial charge in [-0.3, -0.25) is 4.79 Å². The molecule has 0 aliphatic carbocycles. The summed E-state index contributed by atoms with van der Waals surface area (Å²) < 4.78 is 0. The van der Waals surface area contributed by atoms with Crippen molar-refractivity contribution in [3.8, 4) is 0 Å². The molecule has 144 valence electrons. The average Bonchev–Trinajstić information content (AvgIpc) is 2.66. The second-order valence-electron chi connectivity index (χ2n) is 7.67. The zero-order chi connectivity index (χ0) is 19.2. The molecule has 1 aliphatic heterocycles. The molecule has 2 N–H and O–H groups in total. The summed E-state index contributed by atoms with van der Waals surface area (Å²) in [6, 6.07) is 7.51. The fraction of sp³-hybridized carbons (Fsp3) is 0.571. The molecular formula is C21H32N2O3. The summed E-state index contributed by atoms with van der Waals surface area (Å²) in [7, 11) is 1.91. The van der Waals surface area contributed by atoms with Crippen LogP contribution in [0.4, 0.5) is 5.69 Å². The van der Waals surface area contributed by atoms with Gasteiger partial charge in [-0.15, -0.1) is 0 Å². The van der Waals surface area contributed by atoms with Crippen LogP contribution in [-0.4, -0.2) is 60.9 Å². The number of benzene rings is 1. The van der Waals surface area contributed by atoms with Crippen LogP contribution >= 0.6 is 0 Å². The molecule has 0 bridgehead atoms. The molecule has 1 heterocycles. The van der Waals surface area contributed by atoms with Crippen molar-refractivity contribution in [2.24, 2.45) is 5.41 Å². The number of hydrogen-bond donors (Lipinski definition) is 2. The van der Waals surface area contributed by atoms with Crippen LogP contribution in [0.15, 0.2) is 35.9 Å². The van der Waals surface area contributed by atoms with Crippen molar-refractivity contribution in [2.75, 3.05) is 44.8 Å². The Labute approximate surface area is 156 Å². The van der Waals surface area contributed by atoms with Gasteiger partial charge in [0.15, 0.2) is 0 Å². The van der Waals surface area contributed by atoms with Crippen LogP contribution in [-0.2, 0) is 0 Å². The number of likely N-dealkylation sites (N-methyl/N-ethyl adjacent to an activating group) is 1. The highest BCUT2D eigenvalue weighted by Gasteiger charge is 2.36. The molecule has 26 heavy (non-hydrogen) atoms. The van der Waals surface area contributed by atoms with E-state index in [1.165, 1.54) is 5.57 Å². The van der Waals surface area contributed by atoms with Crippen molar-refractivity contribution in [3.63, 3.8) is 0 Å². The van der Waals surface area contributed by atoms with Gasteiger partial charge in [-0.05, 0) is 57.4 Å². The monoisotopic (exact) mass is 360 g/mol. The number of anilines is 1. The highest BCUT2D eigenvalue weighted by atomic mass is 16.3. The quantitative estimate of drug-likeness (QED) is 0.734. The molecule has 5 heteroatoms. The van der Waals surface area contributed by atoms with Crippen LogP contribution in [0.2, 0.25) is 0 Å². The maximum Gasteiger partial charge on any atom is 0.253 e. The predicted octanol–water partition coefficient (Wildman–Crippen LogP) is 2.69. The van der Waals surface area contributed by atoms with E-state index in [9.17, 15) is 9.90 Å². The third kappa shape index (κ3) is 5.08. The van der Waals surface area contributed by atoms with Gasteiger partial charge < -0.3 is 20.0 Å². The molecule has 1 aromatic carbocycles. The number of amides is 1. The molecule has 5 nitrogen and oxygen atoms in total. The van der Waals surface area contributed by atoms with Crippen LogP contribution in [0.3, 0.4) is 0 Å². The van der Waals surface area contributed by atoms with Gasteiger partial charge >= 0.3 is 0 Å². The first-order valence-electron chi connectivity index (χ1n) is 9.36. The van der Waals surface area contributed by atoms with Crippen molar-refractivity contribution >= 4 is 11.6 Å². The summed E-state index contributed by atoms with van der Waals surface area (Å²) in [5.41, 5.74) is 2.65. The van der Waals surface area contributed by atoms with E-state index in [-0.39, 0.29) is 24.5 Å². The fourth-order valence-electron chi connectivity index (χ4n) is 3.48. The molecule has 1 saturated heterocycles. The van der Waals surface area contributed by atoms with Crippen molar-refractivity contribution < 1.29 is 15.0 Å². The summed E-state index contributed by atoms with van der Waals surface area (Å²) in [4.78, 5) is 16.8. The number of carbonyl (C=O) groups is 1. The first-order chi connectivity index (χ1) is 12.4. The van der Waals surface area contributed by atoms with Gasteiger partial charge in [0.1, 0.15) is 0 Å². The number of nitrogens with zero attached hydrogens (tertiary/aromatic N) is 2. The number of piperidine rings is 1. The highest BCUT2D eigenvalue weighted by molar-refractivity contribution is 5.94. The Bertz CT molecular complexity index is 623. The van der Waals surface area contributed by atoms with E-state index in [0.29, 0.717) is 18.7 Å². The van der Waals surface area contributed by atoms with Gasteiger partial charge in [-0.1, -0.05) is 11.6 Å². The summed E-state index contributed by atoms with van der Waals surface area (Å²) in [6.45, 7) is 6.21. The minimum atomic E-state index is -0.230. The molecule has 1 fully saturated rings. The van der Waals surface area contributed by atoms with Crippen LogP contribution in [0.25, 0.3) is 0 Å². The van der Waals surface area contributed by atoms with Crippen molar-refractivity contribution in [2.45, 2.75) is 33.1 Å². The molecule has 0 unspecified atom stereocenters. The SMILES string of the molecule is CC(C)=CC[C@@]1(CO)CCCN(C(=O)c2ccc(N(C)CCO)cc2)C1. The third-order valence-electron chi connectivity index (χ3n) is 5.22. The zero-order valence-electron chi connectivity index (χ0n) is 16.2. The van der Waals surface area contributed by atoms with E-state index in [4.69, 9.17) is 5.11 Å². The molecule has 0 aromatic heterocycles. The summed E-state index contributed by atoms with van der Waals surface area (Å²) in [5, 5.41) is 19.0. The molecular weight excluding hydrogens is 328 g/mol. The van der Waals surface area contributed by atoms with E-state index < -0.39 is 0 Å². The van der Waals surface area contributed by atoms with Gasteiger partial charge in [-0.2, -0.15) is 0 Å². The van der Waals surface area contributed by atoms with Crippen molar-refractivity contribution in [1.29, 1.82) is 0 Å². The summed E-state index contributed by atoms with van der Waals surface area (Å²) in [6.07, 6.45) is 4.83. The van der Waals surface area contributed by atoms with E-state index in [2.05, 4.69) is 19.9 Å². The van der Waals surface area contributed by atoms with E-state index in [0.717, 1.165) is 31.5 Å². The predicted molar refractivity (Wildman–Crippen MR) is 106 cm³/mol. The van der Waals surface area contributed by atoms with Gasteiger partial charge in [0.05, 0.1) is 13.2 Å². The number of hydrogen-bond acceptors (Lipinski definition) is 4. The largest absolute Gasteiger partial charge is 0.396 e. The molecule has 1 amide bonds. The normalized spacial score (nSPS) is 20.0. The van der Waals surface area contributed by atoms with Gasteiger partial charge in [0.2, 0.25) is 0 Å². The van der Waals surface area contributed by atoms with Crippen molar-refractivity contribution in [1.82, 2.24) is 4.90 Å². The summed E-state index contributed by atoms with van der Waals surface area (Å²) in [5.74, 6) is 0.0242. The molecule has 1 aromatic rings. The lowest BCUT2D eigenvalue weighted by Gasteiger charge is -2.41. The second kappa shape index (κ2) is 9.19. The topological polar surface area (TPSA) is 64.0 Å². The van der Waals surface area contributed by atoms with Gasteiger partial charge in [-0.25, -0.2) is 0 Å². The number of allylic oxidation sites excluding steroid dienone is 2. The Morgan fingerprint density at radius 3 is 2.54 bits per heavy atom. The third-order valence-corrected chi connectivity index (χ3v) is 5.22.